The highest BCUT2D eigenvalue weighted by Gasteiger charge is 2.15. The van der Waals surface area contributed by atoms with Gasteiger partial charge in [-0.2, -0.15) is 0 Å². The summed E-state index contributed by atoms with van der Waals surface area (Å²) in [5.41, 5.74) is 1.14. The first-order valence-electron chi connectivity index (χ1n) is 9.77. The van der Waals surface area contributed by atoms with Crippen LogP contribution in [0.5, 0.6) is 5.75 Å². The smallest absolute Gasteiger partial charge is 0.224 e. The SMILES string of the molecule is CCn1c(CCC(=O)Nc2ccc(F)cc2)nnc1SCC(=O)c1ccc(OC)cc1. The van der Waals surface area contributed by atoms with Crippen LogP contribution in [0, 0.1) is 5.82 Å². The summed E-state index contributed by atoms with van der Waals surface area (Å²) in [4.78, 5) is 24.6. The van der Waals surface area contributed by atoms with Gasteiger partial charge in [0.15, 0.2) is 10.9 Å². The highest BCUT2D eigenvalue weighted by Crippen LogP contribution is 2.20. The minimum atomic E-state index is -0.357. The van der Waals surface area contributed by atoms with E-state index in [1.165, 1.54) is 36.0 Å². The Morgan fingerprint density at radius 1 is 1.10 bits per heavy atom. The van der Waals surface area contributed by atoms with E-state index in [1.54, 1.807) is 31.4 Å². The van der Waals surface area contributed by atoms with E-state index in [4.69, 9.17) is 4.74 Å². The molecule has 0 radical (unpaired) electrons. The number of rotatable bonds is 10. The lowest BCUT2D eigenvalue weighted by Gasteiger charge is -2.08. The van der Waals surface area contributed by atoms with E-state index in [0.29, 0.717) is 40.9 Å². The van der Waals surface area contributed by atoms with Crippen LogP contribution in [0.15, 0.2) is 53.7 Å². The minimum Gasteiger partial charge on any atom is -0.497 e. The fraction of sp³-hybridized carbons (Fsp3) is 0.273. The summed E-state index contributed by atoms with van der Waals surface area (Å²) in [6.07, 6.45) is 0.617. The number of methoxy groups -OCH3 is 1. The molecule has 0 bridgehead atoms. The Morgan fingerprint density at radius 3 is 2.45 bits per heavy atom. The second kappa shape index (κ2) is 10.7. The van der Waals surface area contributed by atoms with Gasteiger partial charge in [-0.05, 0) is 55.5 Å². The summed E-state index contributed by atoms with van der Waals surface area (Å²) in [5, 5.41) is 11.7. The molecule has 0 fully saturated rings. The van der Waals surface area contributed by atoms with Crippen LogP contribution >= 0.6 is 11.8 Å². The fourth-order valence-electron chi connectivity index (χ4n) is 2.90. The first-order chi connectivity index (χ1) is 15.0. The second-order valence-electron chi connectivity index (χ2n) is 6.64. The third-order valence-corrected chi connectivity index (χ3v) is 5.52. The summed E-state index contributed by atoms with van der Waals surface area (Å²) in [6, 6.07) is 12.6. The van der Waals surface area contributed by atoms with Crippen molar-refractivity contribution in [3.8, 4) is 5.75 Å². The molecule has 0 saturated carbocycles. The molecule has 1 amide bonds. The quantitative estimate of drug-likeness (QED) is 0.377. The average Bonchev–Trinajstić information content (AvgIpc) is 3.19. The molecule has 0 spiro atoms. The number of amides is 1. The predicted octanol–water partition coefficient (Wildman–Crippen LogP) is 3.99. The molecule has 1 heterocycles. The normalized spacial score (nSPS) is 10.7. The molecule has 0 aliphatic rings. The zero-order chi connectivity index (χ0) is 22.2. The Balaban J connectivity index is 1.55. The second-order valence-corrected chi connectivity index (χ2v) is 7.58. The number of thioether (sulfide) groups is 1. The topological polar surface area (TPSA) is 86.1 Å². The molecule has 0 aliphatic carbocycles. The number of ether oxygens (including phenoxy) is 1. The van der Waals surface area contributed by atoms with E-state index >= 15 is 0 Å². The van der Waals surface area contributed by atoms with Crippen molar-refractivity contribution < 1.29 is 18.7 Å². The molecule has 2 aromatic carbocycles. The number of anilines is 1. The van der Waals surface area contributed by atoms with Gasteiger partial charge in [0, 0.05) is 30.6 Å². The molecule has 162 valence electrons. The van der Waals surface area contributed by atoms with Crippen LogP contribution in [0.2, 0.25) is 0 Å². The Bertz CT molecular complexity index is 1040. The molecular weight excluding hydrogens is 419 g/mol. The Labute approximate surface area is 184 Å². The van der Waals surface area contributed by atoms with Crippen molar-refractivity contribution in [3.05, 3.63) is 65.7 Å². The number of hydrogen-bond acceptors (Lipinski definition) is 6. The first kappa shape index (κ1) is 22.5. The van der Waals surface area contributed by atoms with Gasteiger partial charge in [0.25, 0.3) is 0 Å². The van der Waals surface area contributed by atoms with Crippen molar-refractivity contribution in [2.24, 2.45) is 0 Å². The summed E-state index contributed by atoms with van der Waals surface area (Å²) in [6.45, 7) is 2.59. The molecule has 0 saturated heterocycles. The first-order valence-corrected chi connectivity index (χ1v) is 10.8. The van der Waals surface area contributed by atoms with Crippen molar-refractivity contribution in [3.63, 3.8) is 0 Å². The molecular formula is C22H23FN4O3S. The standard InChI is InChI=1S/C22H23FN4O3S/c1-3-27-20(12-13-21(29)24-17-8-6-16(23)7-9-17)25-26-22(27)31-14-19(28)15-4-10-18(30-2)11-5-15/h4-11H,3,12-14H2,1-2H3,(H,24,29). The monoisotopic (exact) mass is 442 g/mol. The summed E-state index contributed by atoms with van der Waals surface area (Å²) in [7, 11) is 1.58. The lowest BCUT2D eigenvalue weighted by Crippen LogP contribution is -2.14. The summed E-state index contributed by atoms with van der Waals surface area (Å²) < 4.78 is 20.0. The lowest BCUT2D eigenvalue weighted by atomic mass is 10.1. The summed E-state index contributed by atoms with van der Waals surface area (Å²) >= 11 is 1.32. The molecule has 0 aliphatic heterocycles. The van der Waals surface area contributed by atoms with Crippen molar-refractivity contribution in [1.29, 1.82) is 0 Å². The molecule has 0 unspecified atom stereocenters. The van der Waals surface area contributed by atoms with Gasteiger partial charge in [-0.15, -0.1) is 10.2 Å². The number of carbonyl (C=O) groups is 2. The maximum Gasteiger partial charge on any atom is 0.224 e. The zero-order valence-electron chi connectivity index (χ0n) is 17.3. The number of halogens is 1. The number of Topliss-reactive ketones (excluding diaryl/α,β-unsaturated/α-hetero) is 1. The van der Waals surface area contributed by atoms with Crippen LogP contribution in [0.25, 0.3) is 0 Å². The Morgan fingerprint density at radius 2 is 1.81 bits per heavy atom. The number of hydrogen-bond donors (Lipinski definition) is 1. The van der Waals surface area contributed by atoms with Crippen LogP contribution < -0.4 is 10.1 Å². The predicted molar refractivity (Wildman–Crippen MR) is 117 cm³/mol. The van der Waals surface area contributed by atoms with E-state index in [1.807, 2.05) is 11.5 Å². The molecule has 9 heteroatoms. The van der Waals surface area contributed by atoms with E-state index < -0.39 is 0 Å². The molecule has 3 aromatic rings. The van der Waals surface area contributed by atoms with Gasteiger partial charge in [-0.25, -0.2) is 4.39 Å². The van der Waals surface area contributed by atoms with Crippen LogP contribution in [0.4, 0.5) is 10.1 Å². The number of aromatic nitrogens is 3. The van der Waals surface area contributed by atoms with E-state index in [-0.39, 0.29) is 29.7 Å². The van der Waals surface area contributed by atoms with Gasteiger partial charge in [-0.3, -0.25) is 9.59 Å². The molecule has 1 N–H and O–H groups in total. The van der Waals surface area contributed by atoms with E-state index in [9.17, 15) is 14.0 Å². The van der Waals surface area contributed by atoms with Crippen LogP contribution in [-0.2, 0) is 17.8 Å². The van der Waals surface area contributed by atoms with Crippen molar-refractivity contribution >= 4 is 29.1 Å². The van der Waals surface area contributed by atoms with Crippen LogP contribution in [0.3, 0.4) is 0 Å². The number of carbonyl (C=O) groups excluding carboxylic acids is 2. The van der Waals surface area contributed by atoms with Gasteiger partial charge in [0.1, 0.15) is 17.4 Å². The number of nitrogens with one attached hydrogen (secondary N) is 1. The molecule has 31 heavy (non-hydrogen) atoms. The molecule has 1 aromatic heterocycles. The largest absolute Gasteiger partial charge is 0.497 e. The van der Waals surface area contributed by atoms with Crippen molar-refractivity contribution in [2.75, 3.05) is 18.2 Å². The zero-order valence-corrected chi connectivity index (χ0v) is 18.1. The van der Waals surface area contributed by atoms with Gasteiger partial charge >= 0.3 is 0 Å². The fourth-order valence-corrected chi connectivity index (χ4v) is 3.82. The van der Waals surface area contributed by atoms with Gasteiger partial charge in [-0.1, -0.05) is 11.8 Å². The maximum atomic E-state index is 13.0. The van der Waals surface area contributed by atoms with E-state index in [0.717, 1.165) is 0 Å². The van der Waals surface area contributed by atoms with Crippen LogP contribution in [-0.4, -0.2) is 39.3 Å². The van der Waals surface area contributed by atoms with Gasteiger partial charge < -0.3 is 14.6 Å². The van der Waals surface area contributed by atoms with E-state index in [2.05, 4.69) is 15.5 Å². The Hall–Kier alpha value is -3.20. The number of aryl methyl sites for hydroxylation is 1. The minimum absolute atomic E-state index is 0.0152. The number of nitrogens with zero attached hydrogens (tertiary/aromatic N) is 3. The lowest BCUT2D eigenvalue weighted by molar-refractivity contribution is -0.116. The molecule has 0 atom stereocenters. The van der Waals surface area contributed by atoms with Crippen molar-refractivity contribution in [2.45, 2.75) is 31.5 Å². The highest BCUT2D eigenvalue weighted by molar-refractivity contribution is 7.99. The Kier molecular flexibility index (Phi) is 7.77. The third kappa shape index (κ3) is 6.14. The molecule has 7 nitrogen and oxygen atoms in total. The average molecular weight is 443 g/mol. The maximum absolute atomic E-state index is 13.0. The van der Waals surface area contributed by atoms with Crippen molar-refractivity contribution in [1.82, 2.24) is 14.8 Å². The highest BCUT2D eigenvalue weighted by atomic mass is 32.2. The molecule has 3 rings (SSSR count). The third-order valence-electron chi connectivity index (χ3n) is 4.56. The number of benzene rings is 2. The van der Waals surface area contributed by atoms with Gasteiger partial charge in [0.05, 0.1) is 12.9 Å². The van der Waals surface area contributed by atoms with Crippen LogP contribution in [0.1, 0.15) is 29.5 Å². The summed E-state index contributed by atoms with van der Waals surface area (Å²) in [5.74, 6) is 1.04. The number of ketones is 1. The van der Waals surface area contributed by atoms with Gasteiger partial charge in [0.2, 0.25) is 5.91 Å².